The summed E-state index contributed by atoms with van der Waals surface area (Å²) < 4.78 is 26.4. The minimum Gasteiger partial charge on any atom is -0.347 e. The lowest BCUT2D eigenvalue weighted by molar-refractivity contribution is -0.123. The van der Waals surface area contributed by atoms with E-state index in [-0.39, 0.29) is 11.9 Å². The third kappa shape index (κ3) is 4.75. The number of hydrogen-bond donors (Lipinski definition) is 1. The standard InChI is InChI=1S/C22H27ClN2O3S/c1-4-21(25(29(3,27)28)17-13-12-15(2)19(23)14-17)22(26)24-20-11-7-9-16-8-5-6-10-18(16)20/h5-6,8,10,12-14,20-21H,4,7,9,11H2,1-3H3,(H,24,26)/t20-,21+/m0/s1. The number of halogens is 1. The number of anilines is 1. The second-order valence-corrected chi connectivity index (χ2v) is 9.84. The summed E-state index contributed by atoms with van der Waals surface area (Å²) in [7, 11) is -3.69. The molecule has 1 aliphatic carbocycles. The summed E-state index contributed by atoms with van der Waals surface area (Å²) in [4.78, 5) is 13.2. The maximum Gasteiger partial charge on any atom is 0.244 e. The topological polar surface area (TPSA) is 66.5 Å². The van der Waals surface area contributed by atoms with Crippen LogP contribution in [0, 0.1) is 6.92 Å². The van der Waals surface area contributed by atoms with Crippen LogP contribution in [0.25, 0.3) is 0 Å². The van der Waals surface area contributed by atoms with Crippen LogP contribution in [-0.2, 0) is 21.2 Å². The van der Waals surface area contributed by atoms with Gasteiger partial charge in [0.15, 0.2) is 0 Å². The molecule has 0 unspecified atom stereocenters. The van der Waals surface area contributed by atoms with Gasteiger partial charge in [0.05, 0.1) is 18.0 Å². The van der Waals surface area contributed by atoms with Crippen molar-refractivity contribution in [1.29, 1.82) is 0 Å². The van der Waals surface area contributed by atoms with Crippen LogP contribution in [0.1, 0.15) is 48.9 Å². The second kappa shape index (κ2) is 8.76. The number of nitrogens with one attached hydrogen (secondary N) is 1. The first kappa shape index (κ1) is 21.7. The first-order valence-corrected chi connectivity index (χ1v) is 12.1. The lowest BCUT2D eigenvalue weighted by Gasteiger charge is -2.33. The molecule has 0 saturated carbocycles. The smallest absolute Gasteiger partial charge is 0.244 e. The van der Waals surface area contributed by atoms with Crippen molar-refractivity contribution in [1.82, 2.24) is 5.32 Å². The summed E-state index contributed by atoms with van der Waals surface area (Å²) in [5, 5.41) is 3.56. The predicted octanol–water partition coefficient (Wildman–Crippen LogP) is 4.39. The molecule has 0 radical (unpaired) electrons. The third-order valence-corrected chi connectivity index (χ3v) is 7.01. The fourth-order valence-corrected chi connectivity index (χ4v) is 5.33. The number of amides is 1. The Labute approximate surface area is 178 Å². The van der Waals surface area contributed by atoms with E-state index in [0.29, 0.717) is 17.1 Å². The molecule has 3 rings (SSSR count). The number of fused-ring (bicyclic) bond motifs is 1. The Morgan fingerprint density at radius 3 is 2.66 bits per heavy atom. The summed E-state index contributed by atoms with van der Waals surface area (Å²) in [5.41, 5.74) is 3.60. The molecule has 0 aromatic heterocycles. The molecular formula is C22H27ClN2O3S. The molecule has 0 spiro atoms. The van der Waals surface area contributed by atoms with Gasteiger partial charge in [0.1, 0.15) is 6.04 Å². The minimum absolute atomic E-state index is 0.107. The maximum atomic E-state index is 13.2. The van der Waals surface area contributed by atoms with E-state index < -0.39 is 16.1 Å². The number of sulfonamides is 1. The highest BCUT2D eigenvalue weighted by Crippen LogP contribution is 2.31. The molecule has 2 aromatic carbocycles. The summed E-state index contributed by atoms with van der Waals surface area (Å²) in [6.45, 7) is 3.66. The third-order valence-electron chi connectivity index (χ3n) is 5.43. The van der Waals surface area contributed by atoms with Gasteiger partial charge >= 0.3 is 0 Å². The Kier molecular flexibility index (Phi) is 6.54. The van der Waals surface area contributed by atoms with Gasteiger partial charge in [0.2, 0.25) is 15.9 Å². The molecule has 5 nitrogen and oxygen atoms in total. The Morgan fingerprint density at radius 2 is 2.00 bits per heavy atom. The molecular weight excluding hydrogens is 408 g/mol. The highest BCUT2D eigenvalue weighted by molar-refractivity contribution is 7.92. The van der Waals surface area contributed by atoms with Crippen LogP contribution in [0.2, 0.25) is 5.02 Å². The van der Waals surface area contributed by atoms with E-state index in [9.17, 15) is 13.2 Å². The number of benzene rings is 2. The van der Waals surface area contributed by atoms with Gasteiger partial charge < -0.3 is 5.32 Å². The summed E-state index contributed by atoms with van der Waals surface area (Å²) in [5.74, 6) is -0.295. The number of carbonyl (C=O) groups is 1. The van der Waals surface area contributed by atoms with Gasteiger partial charge in [-0.1, -0.05) is 48.9 Å². The zero-order valence-corrected chi connectivity index (χ0v) is 18.6. The van der Waals surface area contributed by atoms with Gasteiger partial charge in [-0.15, -0.1) is 0 Å². The van der Waals surface area contributed by atoms with E-state index in [0.717, 1.165) is 36.6 Å². The molecule has 1 N–H and O–H groups in total. The molecule has 2 atom stereocenters. The van der Waals surface area contributed by atoms with E-state index in [1.807, 2.05) is 32.0 Å². The van der Waals surface area contributed by atoms with Gasteiger partial charge in [0, 0.05) is 5.02 Å². The van der Waals surface area contributed by atoms with Gasteiger partial charge in [-0.3, -0.25) is 9.10 Å². The number of aryl methyl sites for hydroxylation is 2. The van der Waals surface area contributed by atoms with Crippen LogP contribution >= 0.6 is 11.6 Å². The number of nitrogens with zero attached hydrogens (tertiary/aromatic N) is 1. The summed E-state index contributed by atoms with van der Waals surface area (Å²) in [6, 6.07) is 12.2. The van der Waals surface area contributed by atoms with Gasteiger partial charge in [-0.2, -0.15) is 0 Å². The average molecular weight is 435 g/mol. The lowest BCUT2D eigenvalue weighted by atomic mass is 9.87. The van der Waals surface area contributed by atoms with Crippen LogP contribution in [-0.4, -0.2) is 26.6 Å². The fourth-order valence-electron chi connectivity index (χ4n) is 3.95. The van der Waals surface area contributed by atoms with Crippen LogP contribution in [0.15, 0.2) is 42.5 Å². The number of hydrogen-bond acceptors (Lipinski definition) is 3. The minimum atomic E-state index is -3.69. The predicted molar refractivity (Wildman–Crippen MR) is 118 cm³/mol. The van der Waals surface area contributed by atoms with Crippen molar-refractivity contribution in [2.75, 3.05) is 10.6 Å². The van der Waals surface area contributed by atoms with E-state index in [1.165, 1.54) is 9.87 Å². The molecule has 0 aliphatic heterocycles. The van der Waals surface area contributed by atoms with Gasteiger partial charge in [-0.25, -0.2) is 8.42 Å². The Balaban J connectivity index is 1.91. The highest BCUT2D eigenvalue weighted by atomic mass is 35.5. The van der Waals surface area contributed by atoms with E-state index in [2.05, 4.69) is 11.4 Å². The van der Waals surface area contributed by atoms with E-state index in [4.69, 9.17) is 11.6 Å². The summed E-state index contributed by atoms with van der Waals surface area (Å²) in [6.07, 6.45) is 4.29. The second-order valence-electron chi connectivity index (χ2n) is 7.57. The van der Waals surface area contributed by atoms with Gasteiger partial charge in [0.25, 0.3) is 0 Å². The first-order valence-electron chi connectivity index (χ1n) is 9.86. The number of carbonyl (C=O) groups excluding carboxylic acids is 1. The molecule has 1 amide bonds. The van der Waals surface area contributed by atoms with Crippen molar-refractivity contribution < 1.29 is 13.2 Å². The first-order chi connectivity index (χ1) is 13.7. The van der Waals surface area contributed by atoms with E-state index >= 15 is 0 Å². The molecule has 2 aromatic rings. The van der Waals surface area contributed by atoms with Crippen LogP contribution in [0.4, 0.5) is 5.69 Å². The zero-order valence-electron chi connectivity index (χ0n) is 17.0. The van der Waals surface area contributed by atoms with Gasteiger partial charge in [-0.05, 0) is 61.4 Å². The molecule has 0 saturated heterocycles. The molecule has 156 valence electrons. The zero-order chi connectivity index (χ0) is 21.2. The van der Waals surface area contributed by atoms with Crippen LogP contribution in [0.5, 0.6) is 0 Å². The monoisotopic (exact) mass is 434 g/mol. The normalized spacial score (nSPS) is 17.3. The van der Waals surface area contributed by atoms with Crippen LogP contribution < -0.4 is 9.62 Å². The van der Waals surface area contributed by atoms with Crippen molar-refractivity contribution in [3.05, 3.63) is 64.2 Å². The van der Waals surface area contributed by atoms with Crippen molar-refractivity contribution in [3.63, 3.8) is 0 Å². The molecule has 1 aliphatic rings. The SMILES string of the molecule is CC[C@H](C(=O)N[C@H]1CCCc2ccccc21)N(c1ccc(C)c(Cl)c1)S(C)(=O)=O. The largest absolute Gasteiger partial charge is 0.347 e. The Morgan fingerprint density at radius 1 is 1.28 bits per heavy atom. The quantitative estimate of drug-likeness (QED) is 0.733. The number of rotatable bonds is 6. The van der Waals surface area contributed by atoms with Crippen molar-refractivity contribution in [2.45, 2.75) is 51.6 Å². The molecule has 7 heteroatoms. The van der Waals surface area contributed by atoms with Crippen LogP contribution in [0.3, 0.4) is 0 Å². The molecule has 29 heavy (non-hydrogen) atoms. The van der Waals surface area contributed by atoms with Crippen molar-refractivity contribution in [2.24, 2.45) is 0 Å². The highest BCUT2D eigenvalue weighted by Gasteiger charge is 2.33. The summed E-state index contributed by atoms with van der Waals surface area (Å²) >= 11 is 6.23. The van der Waals surface area contributed by atoms with Crippen molar-refractivity contribution >= 4 is 33.2 Å². The molecule has 0 bridgehead atoms. The lowest BCUT2D eigenvalue weighted by Crippen LogP contribution is -2.50. The fraction of sp³-hybridized carbons (Fsp3) is 0.409. The average Bonchev–Trinajstić information content (AvgIpc) is 2.67. The van der Waals surface area contributed by atoms with Crippen molar-refractivity contribution in [3.8, 4) is 0 Å². The Hall–Kier alpha value is -2.05. The molecule has 0 heterocycles. The van der Waals surface area contributed by atoms with E-state index in [1.54, 1.807) is 18.2 Å². The Bertz CT molecular complexity index is 1010. The molecule has 0 fully saturated rings. The maximum absolute atomic E-state index is 13.2.